The fourth-order valence-corrected chi connectivity index (χ4v) is 8.29. The molecule has 0 saturated heterocycles. The fourth-order valence-electron chi connectivity index (χ4n) is 8.29. The molecule has 8 aromatic carbocycles. The van der Waals surface area contributed by atoms with E-state index in [4.69, 9.17) is 14.4 Å². The molecule has 0 radical (unpaired) electrons. The fraction of sp³-hybridized carbons (Fsp3) is 0. The van der Waals surface area contributed by atoms with Crippen LogP contribution in [-0.4, -0.2) is 19.6 Å². The van der Waals surface area contributed by atoms with Gasteiger partial charge in [0.25, 0.3) is 0 Å². The van der Waals surface area contributed by atoms with Gasteiger partial charge in [0.15, 0.2) is 5.58 Å². The molecule has 0 saturated carbocycles. The van der Waals surface area contributed by atoms with Crippen LogP contribution in [0.5, 0.6) is 5.75 Å². The van der Waals surface area contributed by atoms with E-state index in [-0.39, 0.29) is 5.75 Å². The van der Waals surface area contributed by atoms with Crippen molar-refractivity contribution in [2.24, 2.45) is 0 Å². The summed E-state index contributed by atoms with van der Waals surface area (Å²) in [5, 5.41) is 15.7. The van der Waals surface area contributed by atoms with Crippen molar-refractivity contribution in [3.8, 4) is 67.5 Å². The van der Waals surface area contributed by atoms with Gasteiger partial charge in [-0.3, -0.25) is 9.55 Å². The number of aromatic hydroxyl groups is 1. The van der Waals surface area contributed by atoms with Crippen LogP contribution < -0.4 is 0 Å². The normalized spacial score (nSPS) is 11.6. The largest absolute Gasteiger partial charge is 0.507 e. The third kappa shape index (κ3) is 5.48. The van der Waals surface area contributed by atoms with Crippen molar-refractivity contribution in [1.29, 1.82) is 0 Å². The van der Waals surface area contributed by atoms with Gasteiger partial charge >= 0.3 is 0 Å². The second-order valence-electron chi connectivity index (χ2n) is 14.3. The first-order chi connectivity index (χ1) is 28.2. The molecule has 1 N–H and O–H groups in total. The van der Waals surface area contributed by atoms with Crippen molar-refractivity contribution >= 4 is 43.7 Å². The topological polar surface area (TPSA) is 64.1 Å². The van der Waals surface area contributed by atoms with Crippen molar-refractivity contribution < 1.29 is 9.52 Å². The molecule has 0 aliphatic rings. The third-order valence-electron chi connectivity index (χ3n) is 11.0. The zero-order chi connectivity index (χ0) is 37.9. The Bertz CT molecular complexity index is 3310. The Labute approximate surface area is 328 Å². The van der Waals surface area contributed by atoms with E-state index in [0.29, 0.717) is 11.4 Å². The number of hydrogen-bond acceptors (Lipinski definition) is 4. The Balaban J connectivity index is 1.17. The van der Waals surface area contributed by atoms with Gasteiger partial charge in [0, 0.05) is 27.5 Å². The van der Waals surface area contributed by atoms with Crippen LogP contribution in [0.1, 0.15) is 0 Å². The molecule has 0 atom stereocenters. The number of para-hydroxylation sites is 3. The zero-order valence-corrected chi connectivity index (χ0v) is 30.7. The van der Waals surface area contributed by atoms with Crippen molar-refractivity contribution in [2.75, 3.05) is 0 Å². The highest BCUT2D eigenvalue weighted by atomic mass is 16.3. The number of imidazole rings is 1. The van der Waals surface area contributed by atoms with Gasteiger partial charge in [0.05, 0.1) is 34.2 Å². The van der Waals surface area contributed by atoms with Gasteiger partial charge in [-0.1, -0.05) is 133 Å². The molecule has 0 aliphatic carbocycles. The average Bonchev–Trinajstić information content (AvgIpc) is 3.86. The highest BCUT2D eigenvalue weighted by Crippen LogP contribution is 2.42. The Morgan fingerprint density at radius 1 is 0.474 bits per heavy atom. The van der Waals surface area contributed by atoms with Crippen LogP contribution in [0.25, 0.3) is 105 Å². The van der Waals surface area contributed by atoms with E-state index in [1.54, 1.807) is 6.07 Å². The smallest absolute Gasteiger partial charge is 0.153 e. The van der Waals surface area contributed by atoms with E-state index in [2.05, 4.69) is 150 Å². The monoisotopic (exact) mass is 731 g/mol. The maximum Gasteiger partial charge on any atom is 0.153 e. The number of fused-ring (bicyclic) bond motifs is 6. The summed E-state index contributed by atoms with van der Waals surface area (Å²) in [7, 11) is 0. The summed E-state index contributed by atoms with van der Waals surface area (Å²) in [4.78, 5) is 10.4. The molecule has 0 bridgehead atoms. The molecule has 0 fully saturated rings. The summed E-state index contributed by atoms with van der Waals surface area (Å²) >= 11 is 0. The number of phenols is 1. The lowest BCUT2D eigenvalue weighted by Gasteiger charge is -2.15. The number of furan rings is 1. The summed E-state index contributed by atoms with van der Waals surface area (Å²) in [6.45, 7) is 0. The molecule has 11 rings (SSSR count). The van der Waals surface area contributed by atoms with Crippen LogP contribution in [0.15, 0.2) is 199 Å². The molecule has 5 nitrogen and oxygen atoms in total. The average molecular weight is 732 g/mol. The van der Waals surface area contributed by atoms with Gasteiger partial charge in [0.2, 0.25) is 0 Å². The van der Waals surface area contributed by atoms with Crippen LogP contribution in [0.2, 0.25) is 0 Å². The molecule has 3 aromatic heterocycles. The SMILES string of the molecule is Oc1ccccc1-c1nc2c(-c3cc(-c4ccccc4)cc(-c4cc5c(cn4)oc4ccc6ccccc6c45)c3)cccc2n1-c1ccccc1-c1ccccc1. The first kappa shape index (κ1) is 32.7. The van der Waals surface area contributed by atoms with Crippen LogP contribution in [-0.2, 0) is 0 Å². The van der Waals surface area contributed by atoms with Crippen molar-refractivity contribution in [1.82, 2.24) is 14.5 Å². The quantitative estimate of drug-likeness (QED) is 0.185. The lowest BCUT2D eigenvalue weighted by molar-refractivity contribution is 0.477. The molecule has 0 unspecified atom stereocenters. The number of benzene rings is 8. The lowest BCUT2D eigenvalue weighted by atomic mass is 9.94. The van der Waals surface area contributed by atoms with E-state index in [9.17, 15) is 5.11 Å². The Morgan fingerprint density at radius 2 is 1.16 bits per heavy atom. The zero-order valence-electron chi connectivity index (χ0n) is 30.7. The third-order valence-corrected chi connectivity index (χ3v) is 11.0. The van der Waals surface area contributed by atoms with Crippen LogP contribution in [0, 0.1) is 0 Å². The minimum atomic E-state index is 0.169. The van der Waals surface area contributed by atoms with Gasteiger partial charge in [-0.05, 0) is 87.6 Å². The number of phenolic OH excluding ortho intramolecular Hbond substituents is 1. The summed E-state index contributed by atoms with van der Waals surface area (Å²) in [6.07, 6.45) is 1.85. The molecular weight excluding hydrogens is 699 g/mol. The minimum Gasteiger partial charge on any atom is -0.507 e. The van der Waals surface area contributed by atoms with Crippen LogP contribution in [0.4, 0.5) is 0 Å². The number of pyridine rings is 1. The van der Waals surface area contributed by atoms with Gasteiger partial charge in [-0.15, -0.1) is 0 Å². The predicted molar refractivity (Wildman–Crippen MR) is 232 cm³/mol. The minimum absolute atomic E-state index is 0.169. The number of hydrogen-bond donors (Lipinski definition) is 1. The molecule has 57 heavy (non-hydrogen) atoms. The number of nitrogens with zero attached hydrogens (tertiary/aromatic N) is 3. The summed E-state index contributed by atoms with van der Waals surface area (Å²) < 4.78 is 8.51. The van der Waals surface area contributed by atoms with Crippen molar-refractivity contribution in [2.45, 2.75) is 0 Å². The first-order valence-electron chi connectivity index (χ1n) is 19.0. The predicted octanol–water partition coefficient (Wildman–Crippen LogP) is 13.5. The van der Waals surface area contributed by atoms with Crippen molar-refractivity contribution in [3.05, 3.63) is 194 Å². The summed E-state index contributed by atoms with van der Waals surface area (Å²) in [6, 6.07) is 64.4. The summed E-state index contributed by atoms with van der Waals surface area (Å²) in [5.74, 6) is 0.826. The lowest BCUT2D eigenvalue weighted by Crippen LogP contribution is -2.00. The van der Waals surface area contributed by atoms with Gasteiger partial charge in [-0.2, -0.15) is 0 Å². The first-order valence-corrected chi connectivity index (χ1v) is 19.0. The maximum atomic E-state index is 11.3. The Kier molecular flexibility index (Phi) is 7.57. The molecule has 5 heteroatoms. The van der Waals surface area contributed by atoms with E-state index in [1.165, 1.54) is 5.39 Å². The Hall–Kier alpha value is -7.76. The van der Waals surface area contributed by atoms with Gasteiger partial charge in [-0.25, -0.2) is 4.98 Å². The number of rotatable bonds is 6. The maximum absolute atomic E-state index is 11.3. The van der Waals surface area contributed by atoms with E-state index in [0.717, 1.165) is 88.7 Å². The van der Waals surface area contributed by atoms with Gasteiger partial charge < -0.3 is 9.52 Å². The van der Waals surface area contributed by atoms with Crippen LogP contribution >= 0.6 is 0 Å². The molecule has 11 aromatic rings. The standard InChI is InChI=1S/C52H33N3O2/c56-47-25-12-10-21-42(47)52-54-51-41(22-13-24-46(51)55(52)45-23-11-9-19-39(45)34-16-5-2-6-17-34)37-28-36(33-14-3-1-4-15-33)29-38(30-37)44-31-43-49(32-53-44)57-48-27-26-35-18-7-8-20-40(35)50(43)48/h1-32,56H. The second-order valence-corrected chi connectivity index (χ2v) is 14.3. The Morgan fingerprint density at radius 3 is 2.00 bits per heavy atom. The van der Waals surface area contributed by atoms with E-state index in [1.807, 2.05) is 42.6 Å². The highest BCUT2D eigenvalue weighted by molar-refractivity contribution is 6.19. The molecule has 3 heterocycles. The summed E-state index contributed by atoms with van der Waals surface area (Å²) in [5.41, 5.74) is 13.1. The second kappa shape index (κ2) is 13.2. The van der Waals surface area contributed by atoms with Gasteiger partial charge in [0.1, 0.15) is 17.2 Å². The van der Waals surface area contributed by atoms with E-state index < -0.39 is 0 Å². The molecular formula is C52H33N3O2. The number of aromatic nitrogens is 3. The molecule has 268 valence electrons. The van der Waals surface area contributed by atoms with E-state index >= 15 is 0 Å². The van der Waals surface area contributed by atoms with Crippen LogP contribution in [0.3, 0.4) is 0 Å². The molecule has 0 amide bonds. The molecule has 0 aliphatic heterocycles. The highest BCUT2D eigenvalue weighted by Gasteiger charge is 2.22. The van der Waals surface area contributed by atoms with Crippen molar-refractivity contribution in [3.63, 3.8) is 0 Å². The molecule has 0 spiro atoms.